The lowest BCUT2D eigenvalue weighted by Gasteiger charge is -2.35. The number of carbonyl (C=O) groups excluding carboxylic acids is 1. The SMILES string of the molecule is CN(C(=O)COCC(F)(F)F)C1CC2CCC(C1)N2. The Labute approximate surface area is 110 Å². The number of hydrogen-bond donors (Lipinski definition) is 1. The number of ether oxygens (including phenoxy) is 1. The third kappa shape index (κ3) is 4.07. The summed E-state index contributed by atoms with van der Waals surface area (Å²) in [6.45, 7) is -1.88. The summed E-state index contributed by atoms with van der Waals surface area (Å²) in [5, 5.41) is 3.46. The Hall–Kier alpha value is -0.820. The lowest BCUT2D eigenvalue weighted by molar-refractivity contribution is -0.178. The molecule has 4 nitrogen and oxygen atoms in total. The first-order valence-corrected chi connectivity index (χ1v) is 6.51. The molecule has 0 aliphatic carbocycles. The summed E-state index contributed by atoms with van der Waals surface area (Å²) in [6, 6.07) is 0.992. The fourth-order valence-electron chi connectivity index (χ4n) is 2.90. The van der Waals surface area contributed by atoms with Gasteiger partial charge in [0.05, 0.1) is 0 Å². The number of halogens is 3. The van der Waals surface area contributed by atoms with Gasteiger partial charge in [0.25, 0.3) is 0 Å². The van der Waals surface area contributed by atoms with E-state index in [1.54, 1.807) is 11.9 Å². The van der Waals surface area contributed by atoms with Crippen molar-refractivity contribution in [3.8, 4) is 0 Å². The second kappa shape index (κ2) is 5.66. The fraction of sp³-hybridized carbons (Fsp3) is 0.917. The van der Waals surface area contributed by atoms with Crippen molar-refractivity contribution in [2.75, 3.05) is 20.3 Å². The highest BCUT2D eigenvalue weighted by atomic mass is 19.4. The number of rotatable bonds is 4. The number of piperidine rings is 1. The Bertz CT molecular complexity index is 323. The van der Waals surface area contributed by atoms with Crippen molar-refractivity contribution in [2.45, 2.75) is 50.0 Å². The van der Waals surface area contributed by atoms with E-state index in [2.05, 4.69) is 10.1 Å². The summed E-state index contributed by atoms with van der Waals surface area (Å²) < 4.78 is 40.2. The van der Waals surface area contributed by atoms with E-state index in [1.165, 1.54) is 0 Å². The monoisotopic (exact) mass is 280 g/mol. The molecule has 2 aliphatic heterocycles. The zero-order chi connectivity index (χ0) is 14.0. The summed E-state index contributed by atoms with van der Waals surface area (Å²) in [5.74, 6) is -0.379. The standard InChI is InChI=1S/C12H19F3N2O2/c1-17(11(18)6-19-7-12(13,14)15)10-4-8-2-3-9(5-10)16-8/h8-10,16H,2-7H2,1H3. The highest BCUT2D eigenvalue weighted by Gasteiger charge is 2.36. The lowest BCUT2D eigenvalue weighted by atomic mass is 9.98. The number of likely N-dealkylation sites (N-methyl/N-ethyl adjacent to an activating group) is 1. The number of carbonyl (C=O) groups is 1. The van der Waals surface area contributed by atoms with Crippen LogP contribution < -0.4 is 5.32 Å². The van der Waals surface area contributed by atoms with Crippen LogP contribution >= 0.6 is 0 Å². The van der Waals surface area contributed by atoms with Crippen LogP contribution in [0.3, 0.4) is 0 Å². The van der Waals surface area contributed by atoms with Crippen LogP contribution in [0.1, 0.15) is 25.7 Å². The molecule has 110 valence electrons. The Kier molecular flexibility index (Phi) is 4.35. The Morgan fingerprint density at radius 2 is 1.89 bits per heavy atom. The number of fused-ring (bicyclic) bond motifs is 2. The molecule has 7 heteroatoms. The molecule has 2 fully saturated rings. The van der Waals surface area contributed by atoms with Crippen LogP contribution in [-0.2, 0) is 9.53 Å². The van der Waals surface area contributed by atoms with E-state index >= 15 is 0 Å². The predicted octanol–water partition coefficient (Wildman–Crippen LogP) is 1.31. The van der Waals surface area contributed by atoms with Crippen LogP contribution in [0.15, 0.2) is 0 Å². The maximum Gasteiger partial charge on any atom is 0.411 e. The van der Waals surface area contributed by atoms with Gasteiger partial charge in [-0.1, -0.05) is 0 Å². The first-order chi connectivity index (χ1) is 8.85. The molecule has 19 heavy (non-hydrogen) atoms. The maximum absolute atomic E-state index is 11.9. The van der Waals surface area contributed by atoms with Crippen LogP contribution in [0, 0.1) is 0 Å². The number of amides is 1. The fourth-order valence-corrected chi connectivity index (χ4v) is 2.90. The zero-order valence-electron chi connectivity index (χ0n) is 10.9. The number of nitrogens with zero attached hydrogens (tertiary/aromatic N) is 1. The molecule has 0 radical (unpaired) electrons. The molecule has 2 aliphatic rings. The number of hydrogen-bond acceptors (Lipinski definition) is 3. The van der Waals surface area contributed by atoms with Gasteiger partial charge in [-0.05, 0) is 25.7 Å². The lowest BCUT2D eigenvalue weighted by Crippen LogP contribution is -2.49. The first kappa shape index (κ1) is 14.6. The van der Waals surface area contributed by atoms with E-state index in [0.29, 0.717) is 12.1 Å². The Morgan fingerprint density at radius 3 is 2.42 bits per heavy atom. The molecule has 1 N–H and O–H groups in total. The van der Waals surface area contributed by atoms with Crippen molar-refractivity contribution < 1.29 is 22.7 Å². The van der Waals surface area contributed by atoms with E-state index in [0.717, 1.165) is 25.7 Å². The largest absolute Gasteiger partial charge is 0.411 e. The van der Waals surface area contributed by atoms with E-state index in [4.69, 9.17) is 0 Å². The molecule has 0 spiro atoms. The highest BCUT2D eigenvalue weighted by Crippen LogP contribution is 2.29. The summed E-state index contributed by atoms with van der Waals surface area (Å²) in [7, 11) is 1.65. The van der Waals surface area contributed by atoms with Crippen molar-refractivity contribution in [1.29, 1.82) is 0 Å². The molecule has 2 bridgehead atoms. The smallest absolute Gasteiger partial charge is 0.362 e. The molecule has 2 saturated heterocycles. The molecule has 2 rings (SSSR count). The average molecular weight is 280 g/mol. The average Bonchev–Trinajstić information content (AvgIpc) is 2.65. The van der Waals surface area contributed by atoms with E-state index in [1.807, 2.05) is 0 Å². The van der Waals surface area contributed by atoms with Crippen LogP contribution in [-0.4, -0.2) is 55.4 Å². The minimum atomic E-state index is -4.38. The molecule has 2 unspecified atom stereocenters. The van der Waals surface area contributed by atoms with Gasteiger partial charge in [0, 0.05) is 25.2 Å². The minimum absolute atomic E-state index is 0.112. The molecule has 1 amide bonds. The minimum Gasteiger partial charge on any atom is -0.362 e. The number of alkyl halides is 3. The second-order valence-corrected chi connectivity index (χ2v) is 5.38. The van der Waals surface area contributed by atoms with Gasteiger partial charge in [-0.3, -0.25) is 4.79 Å². The summed E-state index contributed by atoms with van der Waals surface area (Å²) in [6.07, 6.45) is -0.399. The Morgan fingerprint density at radius 1 is 1.32 bits per heavy atom. The second-order valence-electron chi connectivity index (χ2n) is 5.38. The normalized spacial score (nSPS) is 30.4. The van der Waals surface area contributed by atoms with Crippen LogP contribution in [0.5, 0.6) is 0 Å². The molecular formula is C12H19F3N2O2. The third-order valence-electron chi connectivity index (χ3n) is 3.88. The molecule has 0 aromatic heterocycles. The molecular weight excluding hydrogens is 261 g/mol. The van der Waals surface area contributed by atoms with Gasteiger partial charge in [0.2, 0.25) is 5.91 Å². The van der Waals surface area contributed by atoms with Crippen molar-refractivity contribution in [1.82, 2.24) is 10.2 Å². The van der Waals surface area contributed by atoms with Gasteiger partial charge in [0.1, 0.15) is 13.2 Å². The van der Waals surface area contributed by atoms with Gasteiger partial charge in [0.15, 0.2) is 0 Å². The molecule has 0 aromatic carbocycles. The number of nitrogens with one attached hydrogen (secondary N) is 1. The predicted molar refractivity (Wildman–Crippen MR) is 62.6 cm³/mol. The van der Waals surface area contributed by atoms with Gasteiger partial charge in [-0.15, -0.1) is 0 Å². The van der Waals surface area contributed by atoms with Gasteiger partial charge >= 0.3 is 6.18 Å². The van der Waals surface area contributed by atoms with Gasteiger partial charge in [-0.25, -0.2) is 0 Å². The summed E-state index contributed by atoms with van der Waals surface area (Å²) in [5.41, 5.74) is 0. The maximum atomic E-state index is 11.9. The van der Waals surface area contributed by atoms with Crippen molar-refractivity contribution in [3.05, 3.63) is 0 Å². The van der Waals surface area contributed by atoms with E-state index in [9.17, 15) is 18.0 Å². The summed E-state index contributed by atoms with van der Waals surface area (Å²) >= 11 is 0. The zero-order valence-corrected chi connectivity index (χ0v) is 10.9. The third-order valence-corrected chi connectivity index (χ3v) is 3.88. The van der Waals surface area contributed by atoms with E-state index < -0.39 is 19.4 Å². The van der Waals surface area contributed by atoms with Crippen molar-refractivity contribution in [3.63, 3.8) is 0 Å². The first-order valence-electron chi connectivity index (χ1n) is 6.51. The van der Waals surface area contributed by atoms with Crippen molar-refractivity contribution >= 4 is 5.91 Å². The molecule has 0 saturated carbocycles. The van der Waals surface area contributed by atoms with E-state index in [-0.39, 0.29) is 11.9 Å². The molecule has 2 atom stereocenters. The summed E-state index contributed by atoms with van der Waals surface area (Å²) in [4.78, 5) is 13.3. The van der Waals surface area contributed by atoms with Crippen LogP contribution in [0.2, 0.25) is 0 Å². The molecule has 2 heterocycles. The quantitative estimate of drug-likeness (QED) is 0.844. The van der Waals surface area contributed by atoms with Gasteiger partial charge < -0.3 is 15.0 Å². The highest BCUT2D eigenvalue weighted by molar-refractivity contribution is 5.77. The molecule has 0 aromatic rings. The Balaban J connectivity index is 1.76. The van der Waals surface area contributed by atoms with Gasteiger partial charge in [-0.2, -0.15) is 13.2 Å². The van der Waals surface area contributed by atoms with Crippen molar-refractivity contribution in [2.24, 2.45) is 0 Å². The topological polar surface area (TPSA) is 41.6 Å². The van der Waals surface area contributed by atoms with Crippen LogP contribution in [0.4, 0.5) is 13.2 Å². The van der Waals surface area contributed by atoms with Crippen LogP contribution in [0.25, 0.3) is 0 Å².